The summed E-state index contributed by atoms with van der Waals surface area (Å²) < 4.78 is 20.3. The molecule has 0 spiro atoms. The largest absolute Gasteiger partial charge is 0.487 e. The number of H-pyrrole nitrogens is 1. The van der Waals surface area contributed by atoms with Gasteiger partial charge in [0.25, 0.3) is 11.2 Å². The van der Waals surface area contributed by atoms with Gasteiger partial charge in [0, 0.05) is 24.4 Å². The van der Waals surface area contributed by atoms with Crippen LogP contribution in [0.4, 0.5) is 10.1 Å². The predicted molar refractivity (Wildman–Crippen MR) is 110 cm³/mol. The van der Waals surface area contributed by atoms with Crippen LogP contribution in [0.15, 0.2) is 64.3 Å². The summed E-state index contributed by atoms with van der Waals surface area (Å²) in [5, 5.41) is 11.1. The molecule has 156 valence electrons. The number of nitrogens with one attached hydrogen (secondary N) is 1. The number of aromatic amines is 1. The van der Waals surface area contributed by atoms with Gasteiger partial charge in [0.1, 0.15) is 23.9 Å². The lowest BCUT2D eigenvalue weighted by Gasteiger charge is -2.12. The Kier molecular flexibility index (Phi) is 5.04. The van der Waals surface area contributed by atoms with Gasteiger partial charge in [-0.1, -0.05) is 6.07 Å². The van der Waals surface area contributed by atoms with Crippen molar-refractivity contribution in [3.05, 3.63) is 103 Å². The second-order valence-corrected chi connectivity index (χ2v) is 6.73. The maximum atomic E-state index is 13.8. The summed E-state index contributed by atoms with van der Waals surface area (Å²) in [7, 11) is 0. The number of nitro benzene ring substituents is 1. The zero-order valence-electron chi connectivity index (χ0n) is 16.2. The molecule has 10 heteroatoms. The van der Waals surface area contributed by atoms with Gasteiger partial charge in [0.2, 0.25) is 0 Å². The van der Waals surface area contributed by atoms with Gasteiger partial charge in [-0.15, -0.1) is 0 Å². The summed E-state index contributed by atoms with van der Waals surface area (Å²) in [5.41, 5.74) is -0.564. The minimum atomic E-state index is -0.756. The Labute approximate surface area is 173 Å². The van der Waals surface area contributed by atoms with Crippen molar-refractivity contribution in [3.8, 4) is 11.4 Å². The van der Waals surface area contributed by atoms with Crippen molar-refractivity contribution in [2.45, 2.75) is 13.5 Å². The first-order valence-corrected chi connectivity index (χ1v) is 9.12. The fourth-order valence-corrected chi connectivity index (χ4v) is 3.13. The minimum absolute atomic E-state index is 0.0659. The SMILES string of the molecule is Cc1ccc(OCc2ncccc2F)cc1-n1c(=O)[nH]c2cc([N+](=O)[O-])ccc2c1=O. The van der Waals surface area contributed by atoms with Gasteiger partial charge in [-0.25, -0.2) is 13.8 Å². The van der Waals surface area contributed by atoms with Crippen LogP contribution in [0, 0.1) is 22.9 Å². The number of ether oxygens (including phenoxy) is 1. The van der Waals surface area contributed by atoms with Crippen LogP contribution in [-0.2, 0) is 6.61 Å². The number of halogens is 1. The van der Waals surface area contributed by atoms with E-state index in [-0.39, 0.29) is 34.6 Å². The monoisotopic (exact) mass is 422 g/mol. The normalized spacial score (nSPS) is 10.9. The lowest BCUT2D eigenvalue weighted by Crippen LogP contribution is -2.34. The number of nitrogens with zero attached hydrogens (tertiary/aromatic N) is 3. The van der Waals surface area contributed by atoms with E-state index in [0.717, 1.165) is 10.6 Å². The van der Waals surface area contributed by atoms with Crippen LogP contribution in [0.5, 0.6) is 5.75 Å². The van der Waals surface area contributed by atoms with E-state index in [2.05, 4.69) is 9.97 Å². The number of fused-ring (bicyclic) bond motifs is 1. The molecule has 4 rings (SSSR count). The van der Waals surface area contributed by atoms with Gasteiger partial charge in [-0.3, -0.25) is 19.9 Å². The zero-order valence-corrected chi connectivity index (χ0v) is 16.2. The first-order valence-electron chi connectivity index (χ1n) is 9.12. The molecule has 2 aromatic heterocycles. The second-order valence-electron chi connectivity index (χ2n) is 6.73. The van der Waals surface area contributed by atoms with Crippen LogP contribution >= 0.6 is 0 Å². The van der Waals surface area contributed by atoms with Gasteiger partial charge < -0.3 is 9.72 Å². The van der Waals surface area contributed by atoms with Crippen LogP contribution in [0.1, 0.15) is 11.3 Å². The van der Waals surface area contributed by atoms with Crippen LogP contribution in [0.2, 0.25) is 0 Å². The number of aryl methyl sites for hydroxylation is 1. The average molecular weight is 422 g/mol. The standard InChI is InChI=1S/C21H15FN4O5/c1-12-4-6-14(31-11-18-16(22)3-2-8-23-18)10-19(12)25-20(27)15-7-5-13(26(29)30)9-17(15)24-21(25)28/h2-10H,11H2,1H3,(H,24,28). The molecular formula is C21H15FN4O5. The van der Waals surface area contributed by atoms with Gasteiger partial charge in [-0.05, 0) is 36.8 Å². The first-order chi connectivity index (χ1) is 14.8. The van der Waals surface area contributed by atoms with Crippen LogP contribution in [-0.4, -0.2) is 19.5 Å². The summed E-state index contributed by atoms with van der Waals surface area (Å²) in [6, 6.07) is 11.1. The first kappa shape index (κ1) is 20.0. The van der Waals surface area contributed by atoms with E-state index in [1.54, 1.807) is 19.1 Å². The molecule has 0 bridgehead atoms. The van der Waals surface area contributed by atoms with Gasteiger partial charge >= 0.3 is 5.69 Å². The Morgan fingerprint density at radius 2 is 2.00 bits per heavy atom. The Morgan fingerprint density at radius 1 is 1.19 bits per heavy atom. The highest BCUT2D eigenvalue weighted by molar-refractivity contribution is 5.80. The van der Waals surface area contributed by atoms with E-state index in [4.69, 9.17) is 4.74 Å². The highest BCUT2D eigenvalue weighted by Crippen LogP contribution is 2.22. The summed E-state index contributed by atoms with van der Waals surface area (Å²) in [5.74, 6) is -0.202. The molecule has 0 atom stereocenters. The number of hydrogen-bond donors (Lipinski definition) is 1. The van der Waals surface area contributed by atoms with Crippen molar-refractivity contribution in [2.75, 3.05) is 0 Å². The molecule has 0 aliphatic rings. The second kappa shape index (κ2) is 7.82. The molecular weight excluding hydrogens is 407 g/mol. The van der Waals surface area contributed by atoms with Gasteiger partial charge in [-0.2, -0.15) is 0 Å². The topological polar surface area (TPSA) is 120 Å². The predicted octanol–water partition coefficient (Wildman–Crippen LogP) is 3.01. The summed E-state index contributed by atoms with van der Waals surface area (Å²) in [6.45, 7) is 1.57. The van der Waals surface area contributed by atoms with E-state index < -0.39 is 22.0 Å². The Bertz CT molecular complexity index is 1440. The quantitative estimate of drug-likeness (QED) is 0.390. The van der Waals surface area contributed by atoms with Crippen molar-refractivity contribution in [1.29, 1.82) is 0 Å². The average Bonchev–Trinajstić information content (AvgIpc) is 2.74. The molecule has 1 N–H and O–H groups in total. The summed E-state index contributed by atoms with van der Waals surface area (Å²) in [6.07, 6.45) is 1.45. The van der Waals surface area contributed by atoms with E-state index in [1.807, 2.05) is 0 Å². The highest BCUT2D eigenvalue weighted by atomic mass is 19.1. The molecule has 0 saturated carbocycles. The third kappa shape index (κ3) is 3.78. The van der Waals surface area contributed by atoms with Crippen LogP contribution in [0.3, 0.4) is 0 Å². The molecule has 0 aliphatic heterocycles. The van der Waals surface area contributed by atoms with Gasteiger partial charge in [0.05, 0.1) is 21.5 Å². The molecule has 0 fully saturated rings. The summed E-state index contributed by atoms with van der Waals surface area (Å²) in [4.78, 5) is 42.4. The number of pyridine rings is 1. The summed E-state index contributed by atoms with van der Waals surface area (Å²) >= 11 is 0. The molecule has 2 heterocycles. The van der Waals surface area contributed by atoms with Crippen molar-refractivity contribution in [3.63, 3.8) is 0 Å². The van der Waals surface area contributed by atoms with Crippen molar-refractivity contribution < 1.29 is 14.1 Å². The van der Waals surface area contributed by atoms with Crippen molar-refractivity contribution >= 4 is 16.6 Å². The third-order valence-corrected chi connectivity index (χ3v) is 4.72. The van der Waals surface area contributed by atoms with Gasteiger partial charge in [0.15, 0.2) is 0 Å². The molecule has 31 heavy (non-hydrogen) atoms. The fourth-order valence-electron chi connectivity index (χ4n) is 3.13. The Morgan fingerprint density at radius 3 is 2.74 bits per heavy atom. The third-order valence-electron chi connectivity index (χ3n) is 4.72. The van der Waals surface area contributed by atoms with Crippen molar-refractivity contribution in [1.82, 2.24) is 14.5 Å². The Hall–Kier alpha value is -4.34. The lowest BCUT2D eigenvalue weighted by molar-refractivity contribution is -0.384. The smallest absolute Gasteiger partial charge is 0.333 e. The molecule has 9 nitrogen and oxygen atoms in total. The number of nitro groups is 1. The van der Waals surface area contributed by atoms with E-state index in [9.17, 15) is 24.1 Å². The molecule has 0 amide bonds. The molecule has 0 unspecified atom stereocenters. The highest BCUT2D eigenvalue weighted by Gasteiger charge is 2.15. The molecule has 0 saturated heterocycles. The lowest BCUT2D eigenvalue weighted by atomic mass is 10.1. The minimum Gasteiger partial charge on any atom is -0.487 e. The number of hydrogen-bond acceptors (Lipinski definition) is 6. The molecule has 0 radical (unpaired) electrons. The number of benzene rings is 2. The molecule has 4 aromatic rings. The molecule has 2 aromatic carbocycles. The molecule has 0 aliphatic carbocycles. The maximum absolute atomic E-state index is 13.8. The van der Waals surface area contributed by atoms with Crippen LogP contribution < -0.4 is 16.0 Å². The number of aromatic nitrogens is 3. The Balaban J connectivity index is 1.77. The van der Waals surface area contributed by atoms with E-state index >= 15 is 0 Å². The maximum Gasteiger partial charge on any atom is 0.333 e. The number of rotatable bonds is 5. The van der Waals surface area contributed by atoms with Crippen molar-refractivity contribution in [2.24, 2.45) is 0 Å². The zero-order chi connectivity index (χ0) is 22.1. The van der Waals surface area contributed by atoms with E-state index in [0.29, 0.717) is 11.3 Å². The van der Waals surface area contributed by atoms with Crippen LogP contribution in [0.25, 0.3) is 16.6 Å². The number of non-ortho nitro benzene ring substituents is 1. The van der Waals surface area contributed by atoms with E-state index in [1.165, 1.54) is 36.5 Å². The fraction of sp³-hybridized carbons (Fsp3) is 0.0952.